The lowest BCUT2D eigenvalue weighted by molar-refractivity contribution is 0.270. The van der Waals surface area contributed by atoms with Gasteiger partial charge < -0.3 is 10.5 Å². The van der Waals surface area contributed by atoms with Crippen LogP contribution in [0.3, 0.4) is 0 Å². The van der Waals surface area contributed by atoms with Crippen LogP contribution in [-0.4, -0.2) is 6.61 Å². The molecule has 2 aromatic rings. The average molecular weight is 311 g/mol. The van der Waals surface area contributed by atoms with Crippen molar-refractivity contribution in [3.8, 4) is 5.75 Å². The molecule has 0 aliphatic carbocycles. The van der Waals surface area contributed by atoms with Crippen LogP contribution in [0, 0.1) is 5.92 Å². The largest absolute Gasteiger partial charge is 0.493 e. The molecule has 4 heteroatoms. The summed E-state index contributed by atoms with van der Waals surface area (Å²) in [6, 6.07) is 16.8. The zero-order valence-electron chi connectivity index (χ0n) is 13.8. The number of benzene rings is 2. The fourth-order valence-electron chi connectivity index (χ4n) is 2.89. The normalized spacial score (nSPS) is 20.8. The summed E-state index contributed by atoms with van der Waals surface area (Å²) >= 11 is 0. The maximum atomic E-state index is 6.09. The van der Waals surface area contributed by atoms with Gasteiger partial charge in [0.25, 0.3) is 0 Å². The molecular formula is C19H25N3O. The first-order valence-corrected chi connectivity index (χ1v) is 8.21. The quantitative estimate of drug-likeness (QED) is 0.739. The second-order valence-corrected chi connectivity index (χ2v) is 6.54. The molecule has 2 aromatic carbocycles. The van der Waals surface area contributed by atoms with Gasteiger partial charge in [0.2, 0.25) is 0 Å². The number of nitrogen functional groups attached to an aromatic ring is 1. The van der Waals surface area contributed by atoms with Gasteiger partial charge in [0.15, 0.2) is 0 Å². The molecule has 3 rings (SSSR count). The van der Waals surface area contributed by atoms with Gasteiger partial charge in [0, 0.05) is 11.7 Å². The van der Waals surface area contributed by atoms with Crippen molar-refractivity contribution in [3.05, 3.63) is 59.7 Å². The van der Waals surface area contributed by atoms with Gasteiger partial charge >= 0.3 is 0 Å². The minimum absolute atomic E-state index is 0.224. The minimum Gasteiger partial charge on any atom is -0.493 e. The summed E-state index contributed by atoms with van der Waals surface area (Å²) in [4.78, 5) is 0. The Morgan fingerprint density at radius 1 is 1.09 bits per heavy atom. The minimum atomic E-state index is 0.224. The molecule has 2 atom stereocenters. The Labute approximate surface area is 138 Å². The van der Waals surface area contributed by atoms with Crippen LogP contribution >= 0.6 is 0 Å². The second-order valence-electron chi connectivity index (χ2n) is 6.54. The number of nitrogens with one attached hydrogen (secondary N) is 2. The van der Waals surface area contributed by atoms with Gasteiger partial charge in [-0.15, -0.1) is 0 Å². The van der Waals surface area contributed by atoms with Crippen LogP contribution < -0.4 is 21.3 Å². The van der Waals surface area contributed by atoms with Crippen LogP contribution in [0.15, 0.2) is 48.5 Å². The smallest absolute Gasteiger partial charge is 0.119 e. The van der Waals surface area contributed by atoms with Crippen molar-refractivity contribution < 1.29 is 4.74 Å². The molecule has 0 bridgehead atoms. The third-order valence-corrected chi connectivity index (χ3v) is 4.12. The number of hydrogen-bond donors (Lipinski definition) is 3. The molecule has 0 aromatic heterocycles. The van der Waals surface area contributed by atoms with E-state index in [2.05, 4.69) is 49.0 Å². The van der Waals surface area contributed by atoms with Crippen LogP contribution in [0.5, 0.6) is 5.75 Å². The SMILES string of the molecule is CC(C)COc1cccc(C2CC(c3ccccc3N)NN2)c1. The fourth-order valence-corrected chi connectivity index (χ4v) is 2.89. The van der Waals surface area contributed by atoms with E-state index in [9.17, 15) is 0 Å². The van der Waals surface area contributed by atoms with Gasteiger partial charge in [-0.2, -0.15) is 0 Å². The molecule has 2 unspecified atom stereocenters. The van der Waals surface area contributed by atoms with Crippen molar-refractivity contribution in [2.75, 3.05) is 12.3 Å². The Morgan fingerprint density at radius 3 is 2.65 bits per heavy atom. The Balaban J connectivity index is 1.69. The van der Waals surface area contributed by atoms with Crippen LogP contribution in [0.25, 0.3) is 0 Å². The number of nitrogens with two attached hydrogens (primary N) is 1. The molecule has 23 heavy (non-hydrogen) atoms. The predicted molar refractivity (Wildman–Crippen MR) is 94.0 cm³/mol. The van der Waals surface area contributed by atoms with E-state index in [4.69, 9.17) is 10.5 Å². The van der Waals surface area contributed by atoms with Gasteiger partial charge in [-0.3, -0.25) is 0 Å². The highest BCUT2D eigenvalue weighted by Crippen LogP contribution is 2.34. The van der Waals surface area contributed by atoms with Crippen LogP contribution in [0.1, 0.15) is 43.5 Å². The van der Waals surface area contributed by atoms with Crippen molar-refractivity contribution >= 4 is 5.69 Å². The number of para-hydroxylation sites is 1. The molecule has 1 saturated heterocycles. The van der Waals surface area contributed by atoms with Crippen molar-refractivity contribution in [2.24, 2.45) is 5.92 Å². The van der Waals surface area contributed by atoms with Gasteiger partial charge in [0.05, 0.1) is 12.6 Å². The maximum Gasteiger partial charge on any atom is 0.119 e. The third kappa shape index (κ3) is 3.84. The lowest BCUT2D eigenvalue weighted by Gasteiger charge is -2.14. The first-order valence-electron chi connectivity index (χ1n) is 8.21. The summed E-state index contributed by atoms with van der Waals surface area (Å²) in [6.45, 7) is 5.05. The molecule has 1 aliphatic rings. The van der Waals surface area contributed by atoms with Crippen LogP contribution in [0.4, 0.5) is 5.69 Å². The summed E-state index contributed by atoms with van der Waals surface area (Å²) in [5, 5.41) is 0. The Hall–Kier alpha value is -2.04. The van der Waals surface area contributed by atoms with Crippen LogP contribution in [-0.2, 0) is 0 Å². The molecule has 0 amide bonds. The summed E-state index contributed by atoms with van der Waals surface area (Å²) in [5.74, 6) is 1.45. The van der Waals surface area contributed by atoms with Gasteiger partial charge in [0.1, 0.15) is 5.75 Å². The highest BCUT2D eigenvalue weighted by atomic mass is 16.5. The average Bonchev–Trinajstić information content (AvgIpc) is 3.03. The number of ether oxygens (including phenoxy) is 1. The molecular weight excluding hydrogens is 286 g/mol. The molecule has 1 aliphatic heterocycles. The summed E-state index contributed by atoms with van der Waals surface area (Å²) in [5.41, 5.74) is 16.0. The van der Waals surface area contributed by atoms with E-state index in [1.54, 1.807) is 0 Å². The number of hydrazine groups is 1. The zero-order chi connectivity index (χ0) is 16.2. The maximum absolute atomic E-state index is 6.09. The van der Waals surface area contributed by atoms with Gasteiger partial charge in [-0.05, 0) is 41.7 Å². The lowest BCUT2D eigenvalue weighted by atomic mass is 9.96. The van der Waals surface area contributed by atoms with E-state index in [-0.39, 0.29) is 12.1 Å². The van der Waals surface area contributed by atoms with E-state index in [0.29, 0.717) is 5.92 Å². The topological polar surface area (TPSA) is 59.3 Å². The number of hydrogen-bond acceptors (Lipinski definition) is 4. The second kappa shape index (κ2) is 7.02. The first kappa shape index (κ1) is 15.8. The summed E-state index contributed by atoms with van der Waals surface area (Å²) < 4.78 is 5.83. The number of anilines is 1. The monoisotopic (exact) mass is 311 g/mol. The van der Waals surface area contributed by atoms with E-state index in [0.717, 1.165) is 30.0 Å². The van der Waals surface area contributed by atoms with Crippen LogP contribution in [0.2, 0.25) is 0 Å². The highest BCUT2D eigenvalue weighted by molar-refractivity contribution is 5.48. The summed E-state index contributed by atoms with van der Waals surface area (Å²) in [7, 11) is 0. The van der Waals surface area contributed by atoms with Crippen molar-refractivity contribution in [3.63, 3.8) is 0 Å². The Morgan fingerprint density at radius 2 is 1.87 bits per heavy atom. The fraction of sp³-hybridized carbons (Fsp3) is 0.368. The Kier molecular flexibility index (Phi) is 4.84. The first-order chi connectivity index (χ1) is 11.1. The van der Waals surface area contributed by atoms with Gasteiger partial charge in [-0.1, -0.05) is 44.2 Å². The predicted octanol–water partition coefficient (Wildman–Crippen LogP) is 3.58. The molecule has 1 fully saturated rings. The van der Waals surface area contributed by atoms with Crippen molar-refractivity contribution in [1.82, 2.24) is 10.9 Å². The standard InChI is InChI=1S/C19H25N3O/c1-13(2)12-23-15-7-5-6-14(10-15)18-11-19(22-21-18)16-8-3-4-9-17(16)20/h3-10,13,18-19,21-22H,11-12,20H2,1-2H3. The van der Waals surface area contributed by atoms with Crippen molar-refractivity contribution in [2.45, 2.75) is 32.4 Å². The van der Waals surface area contributed by atoms with Gasteiger partial charge in [-0.25, -0.2) is 10.9 Å². The molecule has 0 saturated carbocycles. The summed E-state index contributed by atoms with van der Waals surface area (Å²) in [6.07, 6.45) is 0.960. The molecule has 0 radical (unpaired) electrons. The highest BCUT2D eigenvalue weighted by Gasteiger charge is 2.27. The molecule has 0 spiro atoms. The zero-order valence-corrected chi connectivity index (χ0v) is 13.8. The van der Waals surface area contributed by atoms with E-state index in [1.807, 2.05) is 24.3 Å². The molecule has 4 N–H and O–H groups in total. The molecule has 1 heterocycles. The van der Waals surface area contributed by atoms with E-state index in [1.165, 1.54) is 5.56 Å². The van der Waals surface area contributed by atoms with E-state index >= 15 is 0 Å². The molecule has 122 valence electrons. The lowest BCUT2D eigenvalue weighted by Crippen LogP contribution is -2.27. The van der Waals surface area contributed by atoms with Crippen molar-refractivity contribution in [1.29, 1.82) is 0 Å². The molecule has 4 nitrogen and oxygen atoms in total. The third-order valence-electron chi connectivity index (χ3n) is 4.12. The Bertz CT molecular complexity index is 657. The van der Waals surface area contributed by atoms with E-state index < -0.39 is 0 Å². The number of rotatable bonds is 5.